The van der Waals surface area contributed by atoms with Crippen LogP contribution in [0.25, 0.3) is 11.1 Å². The highest BCUT2D eigenvalue weighted by Gasteiger charge is 2.28. The van der Waals surface area contributed by atoms with Crippen LogP contribution in [0.3, 0.4) is 0 Å². The highest BCUT2D eigenvalue weighted by atomic mass is 14.3. The van der Waals surface area contributed by atoms with Gasteiger partial charge in [0.15, 0.2) is 0 Å². The van der Waals surface area contributed by atoms with Crippen molar-refractivity contribution in [3.63, 3.8) is 0 Å². The molecule has 0 saturated heterocycles. The molecule has 0 N–H and O–H groups in total. The Morgan fingerprint density at radius 3 is 1.75 bits per heavy atom. The topological polar surface area (TPSA) is 0 Å². The van der Waals surface area contributed by atoms with Crippen molar-refractivity contribution >= 4 is 0 Å². The summed E-state index contributed by atoms with van der Waals surface area (Å²) in [5.74, 6) is 2.89. The van der Waals surface area contributed by atoms with E-state index in [-0.39, 0.29) is 0 Å². The van der Waals surface area contributed by atoms with Crippen LogP contribution in [-0.2, 0) is 0 Å². The van der Waals surface area contributed by atoms with Gasteiger partial charge >= 0.3 is 0 Å². The zero-order chi connectivity index (χ0) is 16.2. The molecule has 2 aliphatic rings. The van der Waals surface area contributed by atoms with Gasteiger partial charge in [-0.2, -0.15) is 0 Å². The van der Waals surface area contributed by atoms with Crippen molar-refractivity contribution in [2.75, 3.05) is 0 Å². The summed E-state index contributed by atoms with van der Waals surface area (Å²) in [6, 6.07) is 20.1. The Labute approximate surface area is 147 Å². The Bertz CT molecular complexity index is 611. The SMILES string of the molecule is c1ccc(-c2ccc(C3CCC(C4CCCCC4)CC3)cc2)cc1. The molecular formula is C24H30. The van der Waals surface area contributed by atoms with Gasteiger partial charge in [0.1, 0.15) is 0 Å². The summed E-state index contributed by atoms with van der Waals surface area (Å²) in [6.45, 7) is 0. The largest absolute Gasteiger partial charge is 0.0622 e. The molecule has 126 valence electrons. The number of hydrogen-bond acceptors (Lipinski definition) is 0. The molecule has 24 heavy (non-hydrogen) atoms. The molecule has 2 fully saturated rings. The van der Waals surface area contributed by atoms with Gasteiger partial charge in [0.2, 0.25) is 0 Å². The lowest BCUT2D eigenvalue weighted by Gasteiger charge is -2.36. The summed E-state index contributed by atoms with van der Waals surface area (Å²) < 4.78 is 0. The van der Waals surface area contributed by atoms with E-state index in [2.05, 4.69) is 54.6 Å². The smallest absolute Gasteiger partial charge is 0.0162 e. The maximum atomic E-state index is 2.38. The molecule has 0 spiro atoms. The molecule has 0 aromatic heterocycles. The second-order valence-electron chi connectivity index (χ2n) is 8.00. The fourth-order valence-corrected chi connectivity index (χ4v) is 5.11. The predicted octanol–water partition coefficient (Wildman–Crippen LogP) is 7.21. The van der Waals surface area contributed by atoms with Crippen LogP contribution in [0.5, 0.6) is 0 Å². The average molecular weight is 319 g/mol. The average Bonchev–Trinajstić information content (AvgIpc) is 2.70. The lowest BCUT2D eigenvalue weighted by atomic mass is 9.70. The van der Waals surface area contributed by atoms with Crippen LogP contribution in [0.1, 0.15) is 69.3 Å². The van der Waals surface area contributed by atoms with Gasteiger partial charge in [0.05, 0.1) is 0 Å². The second kappa shape index (κ2) is 7.55. The molecule has 2 aromatic rings. The predicted molar refractivity (Wildman–Crippen MR) is 103 cm³/mol. The quantitative estimate of drug-likeness (QED) is 0.561. The lowest BCUT2D eigenvalue weighted by molar-refractivity contribution is 0.186. The Hall–Kier alpha value is -1.56. The van der Waals surface area contributed by atoms with Crippen LogP contribution >= 0.6 is 0 Å². The van der Waals surface area contributed by atoms with E-state index in [9.17, 15) is 0 Å². The Morgan fingerprint density at radius 2 is 1.08 bits per heavy atom. The molecule has 0 heterocycles. The minimum atomic E-state index is 0.801. The van der Waals surface area contributed by atoms with Crippen LogP contribution < -0.4 is 0 Å². The summed E-state index contributed by atoms with van der Waals surface area (Å²) in [7, 11) is 0. The zero-order valence-electron chi connectivity index (χ0n) is 14.8. The van der Waals surface area contributed by atoms with Crippen LogP contribution in [-0.4, -0.2) is 0 Å². The number of benzene rings is 2. The van der Waals surface area contributed by atoms with Crippen LogP contribution in [0.4, 0.5) is 0 Å². The maximum absolute atomic E-state index is 2.38. The molecule has 0 unspecified atom stereocenters. The fraction of sp³-hybridized carbons (Fsp3) is 0.500. The van der Waals surface area contributed by atoms with E-state index in [4.69, 9.17) is 0 Å². The Balaban J connectivity index is 1.37. The molecule has 0 heteroatoms. The molecule has 0 atom stereocenters. The van der Waals surface area contributed by atoms with E-state index in [1.165, 1.54) is 68.9 Å². The first-order valence-corrected chi connectivity index (χ1v) is 10.1. The number of rotatable bonds is 3. The minimum absolute atomic E-state index is 0.801. The van der Waals surface area contributed by atoms with Gasteiger partial charge < -0.3 is 0 Å². The third-order valence-corrected chi connectivity index (χ3v) is 6.58. The molecular weight excluding hydrogens is 288 g/mol. The highest BCUT2D eigenvalue weighted by Crippen LogP contribution is 2.43. The maximum Gasteiger partial charge on any atom is -0.0162 e. The lowest BCUT2D eigenvalue weighted by Crippen LogP contribution is -2.23. The zero-order valence-corrected chi connectivity index (χ0v) is 14.8. The minimum Gasteiger partial charge on any atom is -0.0622 e. The standard InChI is InChI=1S/C24H30/c1-3-7-19(8-4-1)21-11-15-23(16-12-21)24-17-13-22(14-18-24)20-9-5-2-6-10-20/h1,3-4,7-8,11-12,15-16,20,22,24H,2,5-6,9-10,13-14,17-18H2. The molecule has 0 bridgehead atoms. The van der Waals surface area contributed by atoms with E-state index >= 15 is 0 Å². The van der Waals surface area contributed by atoms with E-state index < -0.39 is 0 Å². The van der Waals surface area contributed by atoms with Gasteiger partial charge in [0, 0.05) is 0 Å². The van der Waals surface area contributed by atoms with Crippen molar-refractivity contribution in [2.45, 2.75) is 63.7 Å². The van der Waals surface area contributed by atoms with Crippen molar-refractivity contribution in [3.05, 3.63) is 60.2 Å². The van der Waals surface area contributed by atoms with Gasteiger partial charge in [-0.05, 0) is 60.1 Å². The summed E-state index contributed by atoms with van der Waals surface area (Å²) >= 11 is 0. The molecule has 0 nitrogen and oxygen atoms in total. The molecule has 0 amide bonds. The first-order chi connectivity index (χ1) is 11.9. The monoisotopic (exact) mass is 318 g/mol. The Morgan fingerprint density at radius 1 is 0.500 bits per heavy atom. The van der Waals surface area contributed by atoms with Crippen molar-refractivity contribution < 1.29 is 0 Å². The third-order valence-electron chi connectivity index (χ3n) is 6.58. The van der Waals surface area contributed by atoms with Gasteiger partial charge in [-0.3, -0.25) is 0 Å². The van der Waals surface area contributed by atoms with E-state index in [0.717, 1.165) is 17.8 Å². The highest BCUT2D eigenvalue weighted by molar-refractivity contribution is 5.63. The molecule has 4 rings (SSSR count). The first kappa shape index (κ1) is 15.9. The van der Waals surface area contributed by atoms with Crippen molar-refractivity contribution in [1.29, 1.82) is 0 Å². The van der Waals surface area contributed by atoms with Crippen LogP contribution in [0.2, 0.25) is 0 Å². The van der Waals surface area contributed by atoms with Crippen molar-refractivity contribution in [3.8, 4) is 11.1 Å². The van der Waals surface area contributed by atoms with Crippen LogP contribution in [0, 0.1) is 11.8 Å². The molecule has 2 aromatic carbocycles. The third kappa shape index (κ3) is 3.58. The van der Waals surface area contributed by atoms with Gasteiger partial charge in [-0.15, -0.1) is 0 Å². The van der Waals surface area contributed by atoms with Gasteiger partial charge in [-0.25, -0.2) is 0 Å². The summed E-state index contributed by atoms with van der Waals surface area (Å²) in [5, 5.41) is 0. The van der Waals surface area contributed by atoms with E-state index in [1.807, 2.05) is 0 Å². The summed E-state index contributed by atoms with van der Waals surface area (Å²) in [4.78, 5) is 0. The molecule has 0 radical (unpaired) electrons. The molecule has 2 saturated carbocycles. The van der Waals surface area contributed by atoms with Crippen LogP contribution in [0.15, 0.2) is 54.6 Å². The van der Waals surface area contributed by atoms with E-state index in [1.54, 1.807) is 5.56 Å². The van der Waals surface area contributed by atoms with Crippen molar-refractivity contribution in [2.24, 2.45) is 11.8 Å². The van der Waals surface area contributed by atoms with Crippen molar-refractivity contribution in [1.82, 2.24) is 0 Å². The molecule has 0 aliphatic heterocycles. The summed E-state index contributed by atoms with van der Waals surface area (Å²) in [6.07, 6.45) is 13.3. The van der Waals surface area contributed by atoms with Gasteiger partial charge in [-0.1, -0.05) is 86.7 Å². The molecule has 2 aliphatic carbocycles. The van der Waals surface area contributed by atoms with Gasteiger partial charge in [0.25, 0.3) is 0 Å². The normalized spacial score (nSPS) is 25.5. The Kier molecular flexibility index (Phi) is 5.02. The summed E-state index contributed by atoms with van der Waals surface area (Å²) in [5.41, 5.74) is 4.23. The second-order valence-corrected chi connectivity index (χ2v) is 8.00. The fourth-order valence-electron chi connectivity index (χ4n) is 5.11. The van der Waals surface area contributed by atoms with E-state index in [0.29, 0.717) is 0 Å². The first-order valence-electron chi connectivity index (χ1n) is 10.1. The number of hydrogen-bond donors (Lipinski definition) is 0.